The van der Waals surface area contributed by atoms with Gasteiger partial charge in [0.05, 0.1) is 12.8 Å². The molecule has 2 aromatic rings. The molecule has 1 nitrogen and oxygen atoms in total. The van der Waals surface area contributed by atoms with Crippen LogP contribution in [0.2, 0.25) is 0 Å². The van der Waals surface area contributed by atoms with Crippen LogP contribution in [0.1, 0.15) is 34.5 Å². The number of hydrogen-bond donors (Lipinski definition) is 0. The lowest BCUT2D eigenvalue weighted by Gasteiger charge is -2.30. The fraction of sp³-hybridized carbons (Fsp3) is 0.333. The van der Waals surface area contributed by atoms with E-state index < -0.39 is 69.6 Å². The van der Waals surface area contributed by atoms with Gasteiger partial charge in [-0.1, -0.05) is 36.4 Å². The van der Waals surface area contributed by atoms with Crippen molar-refractivity contribution in [1.29, 1.82) is 0 Å². The summed E-state index contributed by atoms with van der Waals surface area (Å²) in [7, 11) is 0. The number of hydrogen-bond acceptors (Lipinski definition) is 1. The van der Waals surface area contributed by atoms with Gasteiger partial charge >= 0.3 is 12.4 Å². The van der Waals surface area contributed by atoms with Crippen LogP contribution >= 0.6 is 0 Å². The van der Waals surface area contributed by atoms with Crippen molar-refractivity contribution in [1.82, 2.24) is 0 Å². The Kier molecular flexibility index (Phi) is 6.97. The first kappa shape index (κ1) is 22.5. The van der Waals surface area contributed by atoms with Crippen LogP contribution in [0, 0.1) is 11.6 Å². The van der Waals surface area contributed by atoms with E-state index in [0.29, 0.717) is 0 Å². The molecule has 0 aliphatic rings. The van der Waals surface area contributed by atoms with E-state index in [-0.39, 0.29) is 0 Å². The van der Waals surface area contributed by atoms with Gasteiger partial charge in [0.25, 0.3) is 0 Å². The molecule has 0 saturated heterocycles. The minimum Gasteiger partial charge on any atom is -0.615 e. The highest BCUT2D eigenvalue weighted by Gasteiger charge is 2.47. The van der Waals surface area contributed by atoms with Gasteiger partial charge in [-0.05, 0) is 23.3 Å². The third-order valence-electron chi connectivity index (χ3n) is 3.90. The molecule has 0 spiro atoms. The smallest absolute Gasteiger partial charge is 0.394 e. The van der Waals surface area contributed by atoms with E-state index in [1.165, 1.54) is 24.3 Å². The summed E-state index contributed by atoms with van der Waals surface area (Å²) in [6, 6.07) is 8.20. The van der Waals surface area contributed by atoms with E-state index >= 15 is 0 Å². The minimum atomic E-state index is -4.93. The second kappa shape index (κ2) is 8.69. The molecule has 2 rings (SSSR count). The first-order valence-corrected chi connectivity index (χ1v) is 9.18. The van der Waals surface area contributed by atoms with Crippen LogP contribution in [-0.2, 0) is 11.2 Å². The van der Waals surface area contributed by atoms with Crippen LogP contribution < -0.4 is 0 Å². The fourth-order valence-electron chi connectivity index (χ4n) is 2.73. The van der Waals surface area contributed by atoms with Crippen LogP contribution in [0.25, 0.3) is 0 Å². The standard InChI is InChI=1S/C18H14F8OS/c19-13-7-3-1-5-11(13)15(9-17(21,22)23)28(27)16(10-18(24,25)26)12-6-2-4-8-14(12)20/h1-8,15-16H,9-10H2. The second-order valence-corrected chi connectivity index (χ2v) is 7.78. The summed E-state index contributed by atoms with van der Waals surface area (Å²) in [6.45, 7) is 0. The van der Waals surface area contributed by atoms with Crippen molar-refractivity contribution in [3.63, 3.8) is 0 Å². The average Bonchev–Trinajstić information content (AvgIpc) is 2.57. The molecule has 28 heavy (non-hydrogen) atoms. The van der Waals surface area contributed by atoms with Crippen molar-refractivity contribution >= 4 is 11.2 Å². The highest BCUT2D eigenvalue weighted by Crippen LogP contribution is 2.45. The molecule has 0 N–H and O–H groups in total. The predicted molar refractivity (Wildman–Crippen MR) is 87.8 cm³/mol. The molecular formula is C18H14F8OS. The molecule has 0 saturated carbocycles. The largest absolute Gasteiger partial charge is 0.615 e. The van der Waals surface area contributed by atoms with E-state index in [9.17, 15) is 39.7 Å². The lowest BCUT2D eigenvalue weighted by molar-refractivity contribution is -0.136. The maximum absolute atomic E-state index is 14.1. The lowest BCUT2D eigenvalue weighted by Crippen LogP contribution is -2.29. The molecule has 2 aromatic carbocycles. The number of rotatable bonds is 6. The van der Waals surface area contributed by atoms with Gasteiger partial charge in [-0.15, -0.1) is 0 Å². The summed E-state index contributed by atoms with van der Waals surface area (Å²) >= 11 is -2.93. The lowest BCUT2D eigenvalue weighted by atomic mass is 10.1. The van der Waals surface area contributed by atoms with E-state index in [2.05, 4.69) is 0 Å². The predicted octanol–water partition coefficient (Wildman–Crippen LogP) is 6.40. The van der Waals surface area contributed by atoms with Crippen molar-refractivity contribution in [3.8, 4) is 0 Å². The molecule has 0 radical (unpaired) electrons. The Morgan fingerprint density at radius 3 is 1.29 bits per heavy atom. The third kappa shape index (κ3) is 6.10. The second-order valence-electron chi connectivity index (χ2n) is 5.99. The Morgan fingerprint density at radius 2 is 1.00 bits per heavy atom. The van der Waals surface area contributed by atoms with E-state index in [0.717, 1.165) is 24.3 Å². The molecule has 0 aromatic heterocycles. The normalized spacial score (nSPS) is 15.9. The van der Waals surface area contributed by atoms with Gasteiger partial charge in [-0.3, -0.25) is 0 Å². The van der Waals surface area contributed by atoms with E-state index in [4.69, 9.17) is 0 Å². The summed E-state index contributed by atoms with van der Waals surface area (Å²) < 4.78 is 119. The molecule has 0 fully saturated rings. The van der Waals surface area contributed by atoms with Crippen LogP contribution in [-0.4, -0.2) is 16.9 Å². The molecule has 2 unspecified atom stereocenters. The van der Waals surface area contributed by atoms with Crippen LogP contribution in [0.5, 0.6) is 0 Å². The topological polar surface area (TPSA) is 23.1 Å². The Morgan fingerprint density at radius 1 is 0.679 bits per heavy atom. The van der Waals surface area contributed by atoms with Crippen molar-refractivity contribution in [2.75, 3.05) is 0 Å². The van der Waals surface area contributed by atoms with Crippen molar-refractivity contribution in [2.45, 2.75) is 35.7 Å². The van der Waals surface area contributed by atoms with Gasteiger partial charge < -0.3 is 4.55 Å². The number of benzene rings is 2. The molecular weight excluding hydrogens is 416 g/mol. The SMILES string of the molecule is [O-][S+](C(CC(F)(F)F)c1ccccc1F)C(CC(F)(F)F)c1ccccc1F. The summed E-state index contributed by atoms with van der Waals surface area (Å²) in [6.07, 6.45) is -13.5. The summed E-state index contributed by atoms with van der Waals surface area (Å²) in [5.41, 5.74) is -1.27. The zero-order chi connectivity index (χ0) is 21.1. The summed E-state index contributed by atoms with van der Waals surface area (Å²) in [5.74, 6) is -2.27. The molecule has 2 atom stereocenters. The Labute approximate surface area is 158 Å². The Hall–Kier alpha value is -1.81. The summed E-state index contributed by atoms with van der Waals surface area (Å²) in [5, 5.41) is -4.26. The highest BCUT2D eigenvalue weighted by atomic mass is 32.2. The molecule has 0 heterocycles. The van der Waals surface area contributed by atoms with E-state index in [1.54, 1.807) is 0 Å². The zero-order valence-electron chi connectivity index (χ0n) is 14.0. The average molecular weight is 430 g/mol. The Bertz CT molecular complexity index is 724. The summed E-state index contributed by atoms with van der Waals surface area (Å²) in [4.78, 5) is 0. The molecule has 0 aliphatic heterocycles. The van der Waals surface area contributed by atoms with Gasteiger partial charge in [0.15, 0.2) is 10.5 Å². The van der Waals surface area contributed by atoms with Gasteiger partial charge in [0.2, 0.25) is 0 Å². The highest BCUT2D eigenvalue weighted by molar-refractivity contribution is 7.91. The number of halogens is 8. The van der Waals surface area contributed by atoms with Crippen LogP contribution in [0.4, 0.5) is 35.1 Å². The zero-order valence-corrected chi connectivity index (χ0v) is 14.8. The quantitative estimate of drug-likeness (QED) is 0.384. The van der Waals surface area contributed by atoms with Gasteiger partial charge in [0, 0.05) is 11.1 Å². The van der Waals surface area contributed by atoms with E-state index in [1.807, 2.05) is 0 Å². The fourth-order valence-corrected chi connectivity index (χ4v) is 4.71. The van der Waals surface area contributed by atoms with Crippen LogP contribution in [0.15, 0.2) is 48.5 Å². The monoisotopic (exact) mass is 430 g/mol. The Balaban J connectivity index is 2.54. The molecule has 10 heteroatoms. The first-order valence-electron chi connectivity index (χ1n) is 7.91. The van der Waals surface area contributed by atoms with Gasteiger partial charge in [-0.2, -0.15) is 26.3 Å². The third-order valence-corrected chi connectivity index (χ3v) is 5.86. The van der Waals surface area contributed by atoms with Crippen molar-refractivity contribution in [2.24, 2.45) is 0 Å². The maximum Gasteiger partial charge on any atom is 0.394 e. The van der Waals surface area contributed by atoms with Crippen molar-refractivity contribution in [3.05, 3.63) is 71.3 Å². The molecule has 0 bridgehead atoms. The van der Waals surface area contributed by atoms with Gasteiger partial charge in [0.1, 0.15) is 11.6 Å². The molecule has 0 aliphatic carbocycles. The van der Waals surface area contributed by atoms with Crippen molar-refractivity contribution < 1.29 is 39.7 Å². The maximum atomic E-state index is 14.1. The van der Waals surface area contributed by atoms with Crippen LogP contribution in [0.3, 0.4) is 0 Å². The molecule has 0 amide bonds. The molecule has 154 valence electrons. The van der Waals surface area contributed by atoms with Gasteiger partial charge in [-0.25, -0.2) is 8.78 Å². The first-order chi connectivity index (χ1) is 12.9. The number of alkyl halides is 6. The minimum absolute atomic E-state index is 0.637.